The average molecular weight is 507 g/mol. The van der Waals surface area contributed by atoms with Crippen LogP contribution in [0.3, 0.4) is 0 Å². The second-order valence-electron chi connectivity index (χ2n) is 7.02. The van der Waals surface area contributed by atoms with E-state index in [9.17, 15) is 22.2 Å². The molecule has 0 aliphatic heterocycles. The number of aromatic nitrogens is 2. The third-order valence-corrected chi connectivity index (χ3v) is 6.34. The Hall–Kier alpha value is -3.50. The summed E-state index contributed by atoms with van der Waals surface area (Å²) in [6.45, 7) is 0. The molecule has 0 aliphatic rings. The first-order valence-electron chi connectivity index (χ1n) is 9.62. The lowest BCUT2D eigenvalue weighted by molar-refractivity contribution is -0.136. The minimum absolute atomic E-state index is 0.169. The van der Waals surface area contributed by atoms with E-state index in [0.717, 1.165) is 12.4 Å². The molecule has 0 saturated carbocycles. The van der Waals surface area contributed by atoms with E-state index in [1.54, 1.807) is 18.2 Å². The quantitative estimate of drug-likeness (QED) is 0.347. The number of para-hydroxylation sites is 1. The summed E-state index contributed by atoms with van der Waals surface area (Å²) >= 11 is 6.35. The summed E-state index contributed by atoms with van der Waals surface area (Å²) in [7, 11) is -1.75. The molecule has 0 saturated heterocycles. The summed E-state index contributed by atoms with van der Waals surface area (Å²) in [6, 6.07) is 14.4. The largest absolute Gasteiger partial charge is 0.481 e. The molecule has 1 N–H and O–H groups in total. The zero-order chi connectivity index (χ0) is 24.5. The maximum Gasteiger partial charge on any atom is 0.418 e. The molecule has 4 aromatic rings. The highest BCUT2D eigenvalue weighted by molar-refractivity contribution is 7.85. The molecule has 0 amide bonds. The van der Waals surface area contributed by atoms with Crippen molar-refractivity contribution < 1.29 is 32.0 Å². The smallest absolute Gasteiger partial charge is 0.418 e. The van der Waals surface area contributed by atoms with Gasteiger partial charge >= 0.3 is 12.1 Å². The molecule has 1 heterocycles. The Labute approximate surface area is 198 Å². The number of halogens is 4. The summed E-state index contributed by atoms with van der Waals surface area (Å²) < 4.78 is 58.3. The fourth-order valence-corrected chi connectivity index (χ4v) is 4.37. The molecule has 0 aliphatic carbocycles. The number of aliphatic carboxylic acids is 1. The SMILES string of the molecule is O=C(O)CS(=O)c1cccc(Oc2ccc(Cl)c(-c3ncnc4c(C(F)(F)F)cccc34)c2)c1. The van der Waals surface area contributed by atoms with Crippen LogP contribution in [-0.2, 0) is 21.8 Å². The minimum atomic E-state index is -4.59. The van der Waals surface area contributed by atoms with E-state index in [-0.39, 0.29) is 32.3 Å². The van der Waals surface area contributed by atoms with Gasteiger partial charge in [0.25, 0.3) is 0 Å². The van der Waals surface area contributed by atoms with Gasteiger partial charge in [0.15, 0.2) is 0 Å². The van der Waals surface area contributed by atoms with E-state index >= 15 is 0 Å². The van der Waals surface area contributed by atoms with Gasteiger partial charge in [-0.25, -0.2) is 9.97 Å². The first-order valence-corrected chi connectivity index (χ1v) is 11.3. The number of ether oxygens (including phenoxy) is 1. The predicted molar refractivity (Wildman–Crippen MR) is 120 cm³/mol. The molecule has 4 rings (SSSR count). The first kappa shape index (κ1) is 23.7. The Morgan fingerprint density at radius 2 is 1.76 bits per heavy atom. The Morgan fingerprint density at radius 1 is 1.03 bits per heavy atom. The molecule has 11 heteroatoms. The number of carbonyl (C=O) groups is 1. The molecule has 3 aromatic carbocycles. The van der Waals surface area contributed by atoms with Crippen LogP contribution in [0.4, 0.5) is 13.2 Å². The van der Waals surface area contributed by atoms with Crippen molar-refractivity contribution in [3.05, 3.63) is 77.6 Å². The summed E-state index contributed by atoms with van der Waals surface area (Å²) in [4.78, 5) is 19.1. The van der Waals surface area contributed by atoms with Gasteiger partial charge in [-0.3, -0.25) is 9.00 Å². The zero-order valence-electron chi connectivity index (χ0n) is 17.0. The van der Waals surface area contributed by atoms with Crippen molar-refractivity contribution >= 4 is 39.3 Å². The van der Waals surface area contributed by atoms with Crippen molar-refractivity contribution in [2.45, 2.75) is 11.1 Å². The summed E-state index contributed by atoms with van der Waals surface area (Å²) in [5, 5.41) is 9.25. The maximum atomic E-state index is 13.4. The Balaban J connectivity index is 1.73. The number of nitrogens with zero attached hydrogens (tertiary/aromatic N) is 2. The molecule has 1 aromatic heterocycles. The summed E-state index contributed by atoms with van der Waals surface area (Å²) in [5.74, 6) is -1.16. The van der Waals surface area contributed by atoms with E-state index in [2.05, 4.69) is 9.97 Å². The van der Waals surface area contributed by atoms with Crippen LogP contribution >= 0.6 is 11.6 Å². The van der Waals surface area contributed by atoms with Gasteiger partial charge in [-0.05, 0) is 42.5 Å². The van der Waals surface area contributed by atoms with Crippen molar-refractivity contribution in [2.24, 2.45) is 0 Å². The van der Waals surface area contributed by atoms with Crippen molar-refractivity contribution in [3.8, 4) is 22.8 Å². The van der Waals surface area contributed by atoms with Gasteiger partial charge in [0.05, 0.1) is 32.6 Å². The van der Waals surface area contributed by atoms with Crippen LogP contribution in [0.2, 0.25) is 5.02 Å². The highest BCUT2D eigenvalue weighted by Crippen LogP contribution is 2.39. The van der Waals surface area contributed by atoms with Crippen LogP contribution in [-0.4, -0.2) is 31.0 Å². The second-order valence-corrected chi connectivity index (χ2v) is 8.88. The molecule has 34 heavy (non-hydrogen) atoms. The third-order valence-electron chi connectivity index (χ3n) is 4.72. The van der Waals surface area contributed by atoms with Crippen LogP contribution in [0.5, 0.6) is 11.5 Å². The number of rotatable bonds is 6. The Kier molecular flexibility index (Phi) is 6.54. The van der Waals surface area contributed by atoms with Crippen molar-refractivity contribution in [2.75, 3.05) is 5.75 Å². The molecule has 174 valence electrons. The maximum absolute atomic E-state index is 13.4. The highest BCUT2D eigenvalue weighted by Gasteiger charge is 2.33. The Bertz CT molecular complexity index is 1430. The van der Waals surface area contributed by atoms with Crippen LogP contribution in [0.25, 0.3) is 22.2 Å². The van der Waals surface area contributed by atoms with E-state index < -0.39 is 34.3 Å². The molecule has 1 unspecified atom stereocenters. The van der Waals surface area contributed by atoms with Crippen molar-refractivity contribution in [1.82, 2.24) is 9.97 Å². The van der Waals surface area contributed by atoms with Gasteiger partial charge in [-0.1, -0.05) is 29.8 Å². The van der Waals surface area contributed by atoms with Crippen molar-refractivity contribution in [1.29, 1.82) is 0 Å². The van der Waals surface area contributed by atoms with Gasteiger partial charge in [0, 0.05) is 15.8 Å². The number of carboxylic acid groups (broad SMARTS) is 1. The average Bonchev–Trinajstić information content (AvgIpc) is 2.79. The Morgan fingerprint density at radius 3 is 2.50 bits per heavy atom. The second kappa shape index (κ2) is 9.40. The van der Waals surface area contributed by atoms with Crippen LogP contribution < -0.4 is 4.74 Å². The van der Waals surface area contributed by atoms with Crippen LogP contribution in [0, 0.1) is 0 Å². The molecule has 0 bridgehead atoms. The first-order chi connectivity index (χ1) is 16.1. The van der Waals surface area contributed by atoms with Gasteiger partial charge in [-0.2, -0.15) is 13.2 Å². The standard InChI is InChI=1S/C23H14ClF3N2O4S/c24-19-8-7-14(33-13-3-1-4-15(9-13)34(32)11-20(30)31)10-17(19)21-16-5-2-6-18(23(25,26)27)22(16)29-12-28-21/h1-10,12H,11H2,(H,30,31). The van der Waals surface area contributed by atoms with Gasteiger partial charge in [0.2, 0.25) is 0 Å². The van der Waals surface area contributed by atoms with Gasteiger partial charge in [-0.15, -0.1) is 0 Å². The van der Waals surface area contributed by atoms with Crippen molar-refractivity contribution in [3.63, 3.8) is 0 Å². The summed E-state index contributed by atoms with van der Waals surface area (Å²) in [5.41, 5.74) is -0.612. The molecule has 0 spiro atoms. The number of fused-ring (bicyclic) bond motifs is 1. The van der Waals surface area contributed by atoms with Gasteiger partial charge in [0.1, 0.15) is 23.6 Å². The molecular formula is C23H14ClF3N2O4S. The lowest BCUT2D eigenvalue weighted by atomic mass is 10.0. The highest BCUT2D eigenvalue weighted by atomic mass is 35.5. The fraction of sp³-hybridized carbons (Fsp3) is 0.0870. The number of carboxylic acids is 1. The lowest BCUT2D eigenvalue weighted by Crippen LogP contribution is -2.09. The topological polar surface area (TPSA) is 89.4 Å². The number of benzene rings is 3. The number of alkyl halides is 3. The molecule has 1 atom stereocenters. The number of hydrogen-bond donors (Lipinski definition) is 1. The monoisotopic (exact) mass is 506 g/mol. The molecule has 0 radical (unpaired) electrons. The van der Waals surface area contributed by atoms with E-state index in [4.69, 9.17) is 21.4 Å². The van der Waals surface area contributed by atoms with E-state index in [1.807, 2.05) is 0 Å². The van der Waals surface area contributed by atoms with Crippen LogP contribution in [0.1, 0.15) is 5.56 Å². The number of hydrogen-bond acceptors (Lipinski definition) is 5. The lowest BCUT2D eigenvalue weighted by Gasteiger charge is -2.13. The van der Waals surface area contributed by atoms with Crippen LogP contribution in [0.15, 0.2) is 71.9 Å². The normalized spacial score (nSPS) is 12.5. The van der Waals surface area contributed by atoms with E-state index in [0.29, 0.717) is 11.3 Å². The molecule has 0 fully saturated rings. The third kappa shape index (κ3) is 5.02. The summed E-state index contributed by atoms with van der Waals surface area (Å²) in [6.07, 6.45) is -3.55. The molecule has 6 nitrogen and oxygen atoms in total. The van der Waals surface area contributed by atoms with E-state index in [1.165, 1.54) is 36.4 Å². The predicted octanol–water partition coefficient (Wildman–Crippen LogP) is 5.95. The van der Waals surface area contributed by atoms with Gasteiger partial charge < -0.3 is 9.84 Å². The zero-order valence-corrected chi connectivity index (χ0v) is 18.6. The molecular weight excluding hydrogens is 493 g/mol. The minimum Gasteiger partial charge on any atom is -0.481 e. The fourth-order valence-electron chi connectivity index (χ4n) is 3.29.